The second-order valence-electron chi connectivity index (χ2n) is 20.6. The predicted octanol–water partition coefficient (Wildman–Crippen LogP) is 19.1. The summed E-state index contributed by atoms with van der Waals surface area (Å²) in [6.07, 6.45) is 0. The molecule has 0 atom stereocenters. The molecule has 0 N–H and O–H groups in total. The van der Waals surface area contributed by atoms with Crippen molar-refractivity contribution in [1.29, 1.82) is 0 Å². The number of rotatable bonds is 6. The van der Waals surface area contributed by atoms with Crippen LogP contribution in [-0.2, 0) is 10.8 Å². The lowest BCUT2D eigenvalue weighted by Gasteiger charge is -2.39. The van der Waals surface area contributed by atoms with Gasteiger partial charge < -0.3 is 14.4 Å². The molecule has 3 nitrogen and oxygen atoms in total. The molecule has 16 rings (SSSR count). The van der Waals surface area contributed by atoms with Crippen molar-refractivity contribution < 1.29 is 9.47 Å². The van der Waals surface area contributed by atoms with Gasteiger partial charge in [-0.25, -0.2) is 0 Å². The number of hydrogen-bond acceptors (Lipinski definition) is 3. The van der Waals surface area contributed by atoms with Crippen molar-refractivity contribution in [2.75, 3.05) is 4.90 Å². The van der Waals surface area contributed by atoms with E-state index in [9.17, 15) is 0 Å². The van der Waals surface area contributed by atoms with Crippen LogP contribution in [0.2, 0.25) is 0 Å². The SMILES string of the molecule is c1ccc(-c2ccccc2N(c2ccc(-c3ccc4c(c3)C3(c5ccccc5Oc5ccccc53)c3ccccc3-4)cc2)c2cccc(-c3ccc4c(c3)-c3ccccc3C43c4ccccc4Oc4ccccc43)c2)cc1. The zero-order valence-electron chi connectivity index (χ0n) is 41.9. The van der Waals surface area contributed by atoms with Crippen LogP contribution in [-0.4, -0.2) is 0 Å². The smallest absolute Gasteiger partial charge is 0.132 e. The third-order valence-electron chi connectivity index (χ3n) is 16.8. The largest absolute Gasteiger partial charge is 0.457 e. The summed E-state index contributed by atoms with van der Waals surface area (Å²) < 4.78 is 13.3. The Morgan fingerprint density at radius 1 is 0.221 bits per heavy atom. The third-order valence-corrected chi connectivity index (χ3v) is 16.8. The maximum atomic E-state index is 6.65. The number of hydrogen-bond donors (Lipinski definition) is 0. The third kappa shape index (κ3) is 6.20. The van der Waals surface area contributed by atoms with Crippen LogP contribution in [0.25, 0.3) is 55.6 Å². The monoisotopic (exact) mass is 981 g/mol. The molecule has 2 aliphatic heterocycles. The van der Waals surface area contributed by atoms with E-state index < -0.39 is 10.8 Å². The van der Waals surface area contributed by atoms with E-state index in [0.29, 0.717) is 0 Å². The van der Waals surface area contributed by atoms with E-state index in [2.05, 4.69) is 290 Å². The fourth-order valence-electron chi connectivity index (χ4n) is 13.7. The van der Waals surface area contributed by atoms with Crippen LogP contribution in [0.15, 0.2) is 285 Å². The lowest BCUT2D eigenvalue weighted by Crippen LogP contribution is -2.32. The number of benzene rings is 12. The molecule has 2 heterocycles. The van der Waals surface area contributed by atoms with Gasteiger partial charge in [0.1, 0.15) is 23.0 Å². The van der Waals surface area contributed by atoms with Crippen molar-refractivity contribution in [3.8, 4) is 78.6 Å². The fraction of sp³-hybridized carbons (Fsp3) is 0.0270. The average Bonchev–Trinajstić information content (AvgIpc) is 4.17. The van der Waals surface area contributed by atoms with Gasteiger partial charge in [0, 0.05) is 39.2 Å². The molecule has 0 fully saturated rings. The quantitative estimate of drug-likeness (QED) is 0.166. The molecule has 0 bridgehead atoms. The van der Waals surface area contributed by atoms with Crippen LogP contribution >= 0.6 is 0 Å². The topological polar surface area (TPSA) is 21.7 Å². The highest BCUT2D eigenvalue weighted by atomic mass is 16.5. The van der Waals surface area contributed by atoms with Crippen LogP contribution in [0.3, 0.4) is 0 Å². The van der Waals surface area contributed by atoms with Gasteiger partial charge in [0.05, 0.1) is 16.5 Å². The lowest BCUT2D eigenvalue weighted by molar-refractivity contribution is 0.436. The zero-order chi connectivity index (χ0) is 50.7. The molecule has 360 valence electrons. The maximum Gasteiger partial charge on any atom is 0.132 e. The molecule has 0 radical (unpaired) electrons. The Hall–Kier alpha value is -9.96. The molecular weight excluding hydrogens is 935 g/mol. The van der Waals surface area contributed by atoms with E-state index in [1.165, 1.54) is 55.6 Å². The minimum absolute atomic E-state index is 0.518. The summed E-state index contributed by atoms with van der Waals surface area (Å²) in [5, 5.41) is 0. The van der Waals surface area contributed by atoms with E-state index in [1.54, 1.807) is 0 Å². The molecule has 3 heteroatoms. The van der Waals surface area contributed by atoms with Crippen LogP contribution in [0.4, 0.5) is 17.1 Å². The van der Waals surface area contributed by atoms with E-state index in [1.807, 2.05) is 0 Å². The first kappa shape index (κ1) is 43.4. The molecule has 77 heavy (non-hydrogen) atoms. The Labute approximate surface area is 448 Å². The number of anilines is 3. The number of nitrogens with zero attached hydrogens (tertiary/aromatic N) is 1. The highest BCUT2D eigenvalue weighted by Crippen LogP contribution is 2.64. The summed E-state index contributed by atoms with van der Waals surface area (Å²) >= 11 is 0. The summed E-state index contributed by atoms with van der Waals surface area (Å²) in [7, 11) is 0. The van der Waals surface area contributed by atoms with Crippen molar-refractivity contribution in [2.24, 2.45) is 0 Å². The molecule has 0 saturated heterocycles. The van der Waals surface area contributed by atoms with E-state index in [4.69, 9.17) is 9.47 Å². The van der Waals surface area contributed by atoms with Gasteiger partial charge >= 0.3 is 0 Å². The second-order valence-corrected chi connectivity index (χ2v) is 20.6. The van der Waals surface area contributed by atoms with Crippen LogP contribution < -0.4 is 14.4 Å². The highest BCUT2D eigenvalue weighted by Gasteiger charge is 2.52. The fourth-order valence-corrected chi connectivity index (χ4v) is 13.7. The second kappa shape index (κ2) is 16.8. The van der Waals surface area contributed by atoms with E-state index in [0.717, 1.165) is 84.6 Å². The van der Waals surface area contributed by atoms with Crippen molar-refractivity contribution in [1.82, 2.24) is 0 Å². The molecule has 4 aliphatic rings. The van der Waals surface area contributed by atoms with Crippen molar-refractivity contribution >= 4 is 17.1 Å². The Morgan fingerprint density at radius 2 is 0.636 bits per heavy atom. The van der Waals surface area contributed by atoms with Crippen molar-refractivity contribution in [3.63, 3.8) is 0 Å². The van der Waals surface area contributed by atoms with Crippen molar-refractivity contribution in [3.05, 3.63) is 330 Å². The molecule has 2 spiro atoms. The van der Waals surface area contributed by atoms with Gasteiger partial charge in [0.25, 0.3) is 0 Å². The van der Waals surface area contributed by atoms with Gasteiger partial charge in [-0.1, -0.05) is 218 Å². The molecule has 0 unspecified atom stereocenters. The average molecular weight is 982 g/mol. The molecule has 12 aromatic rings. The summed E-state index contributed by atoms with van der Waals surface area (Å²) in [5.74, 6) is 3.58. The zero-order valence-corrected chi connectivity index (χ0v) is 41.9. The first-order valence-corrected chi connectivity index (χ1v) is 26.6. The standard InChI is InChI=1S/C74H47NO2/c1-2-19-49(20-3-1)55-23-6-13-32-68(55)75(53-41-37-48(38-42-53)52-39-43-58-56-24-4-7-26-60(56)74(67(58)47-52)65-30-11-16-35-71(65)77-72-36-17-12-31-66(72)74)54-22-18-21-50(45-54)51-40-44-62-59(46-51)57-25-5-8-27-61(57)73(62)63-28-9-14-33-69(63)76-70-34-15-10-29-64(70)73/h1-47H. The van der Waals surface area contributed by atoms with Crippen LogP contribution in [0.5, 0.6) is 23.0 Å². The first-order valence-electron chi connectivity index (χ1n) is 26.6. The van der Waals surface area contributed by atoms with Crippen molar-refractivity contribution in [2.45, 2.75) is 10.8 Å². The van der Waals surface area contributed by atoms with Gasteiger partial charge in [0.2, 0.25) is 0 Å². The van der Waals surface area contributed by atoms with Gasteiger partial charge in [-0.3, -0.25) is 0 Å². The van der Waals surface area contributed by atoms with Gasteiger partial charge in [0.15, 0.2) is 0 Å². The predicted molar refractivity (Wildman–Crippen MR) is 312 cm³/mol. The molecular formula is C74H47NO2. The molecule has 12 aromatic carbocycles. The molecule has 0 amide bonds. The maximum absolute atomic E-state index is 6.65. The Kier molecular flexibility index (Phi) is 9.47. The van der Waals surface area contributed by atoms with Gasteiger partial charge in [-0.05, 0) is 139 Å². The number of fused-ring (bicyclic) bond motifs is 18. The Bertz CT molecular complexity index is 4270. The number of para-hydroxylation sites is 5. The van der Waals surface area contributed by atoms with E-state index >= 15 is 0 Å². The molecule has 0 saturated carbocycles. The highest BCUT2D eigenvalue weighted by molar-refractivity contribution is 5.94. The first-order chi connectivity index (χ1) is 38.2. The van der Waals surface area contributed by atoms with Gasteiger partial charge in [-0.15, -0.1) is 0 Å². The van der Waals surface area contributed by atoms with Gasteiger partial charge in [-0.2, -0.15) is 0 Å². The van der Waals surface area contributed by atoms with Crippen LogP contribution in [0.1, 0.15) is 44.5 Å². The summed E-state index contributed by atoms with van der Waals surface area (Å²) in [6, 6.07) is 104. The summed E-state index contributed by atoms with van der Waals surface area (Å²) in [5.41, 5.74) is 23.8. The lowest BCUT2D eigenvalue weighted by atomic mass is 9.66. The summed E-state index contributed by atoms with van der Waals surface area (Å²) in [6.45, 7) is 0. The Morgan fingerprint density at radius 3 is 1.25 bits per heavy atom. The minimum atomic E-state index is -0.540. The molecule has 0 aromatic heterocycles. The van der Waals surface area contributed by atoms with Crippen LogP contribution in [0, 0.1) is 0 Å². The Balaban J connectivity index is 0.831. The van der Waals surface area contributed by atoms with E-state index in [-0.39, 0.29) is 0 Å². The summed E-state index contributed by atoms with van der Waals surface area (Å²) in [4.78, 5) is 2.42. The number of ether oxygens (including phenoxy) is 2. The molecule has 2 aliphatic carbocycles. The normalized spacial score (nSPS) is 13.9. The minimum Gasteiger partial charge on any atom is -0.457 e.